The molecule has 2 bridgehead atoms. The molecular formula is C28H41F3O3. The SMILES string of the molecule is CCCCCC(C(F)(F)F)C(C)(C)c1cc(OC)c(C2C=C(CO)C3C[C@@H]2C3(C)C)c(OC)c1. The molecule has 0 aromatic heterocycles. The van der Waals surface area contributed by atoms with Crippen LogP contribution in [0.2, 0.25) is 0 Å². The summed E-state index contributed by atoms with van der Waals surface area (Å²) < 4.78 is 54.2. The van der Waals surface area contributed by atoms with Crippen molar-refractivity contribution in [2.45, 2.75) is 84.2 Å². The van der Waals surface area contributed by atoms with Gasteiger partial charge in [-0.05, 0) is 53.4 Å². The second kappa shape index (κ2) is 9.75. The van der Waals surface area contributed by atoms with Crippen LogP contribution in [0.5, 0.6) is 11.5 Å². The van der Waals surface area contributed by atoms with Crippen molar-refractivity contribution in [3.63, 3.8) is 0 Å². The Hall–Kier alpha value is -1.69. The number of benzene rings is 1. The molecule has 1 N–H and O–H groups in total. The molecule has 0 aliphatic heterocycles. The van der Waals surface area contributed by atoms with Gasteiger partial charge in [0.2, 0.25) is 0 Å². The number of alkyl halides is 3. The quantitative estimate of drug-likeness (QED) is 0.279. The average Bonchev–Trinajstić information content (AvgIpc) is 2.78. The maximum atomic E-state index is 14.2. The van der Waals surface area contributed by atoms with Crippen LogP contribution in [0.15, 0.2) is 23.8 Å². The molecule has 34 heavy (non-hydrogen) atoms. The van der Waals surface area contributed by atoms with E-state index in [4.69, 9.17) is 9.47 Å². The highest BCUT2D eigenvalue weighted by molar-refractivity contribution is 5.55. The Morgan fingerprint density at radius 3 is 2.12 bits per heavy atom. The van der Waals surface area contributed by atoms with Crippen molar-refractivity contribution < 1.29 is 27.8 Å². The number of unbranched alkanes of at least 4 members (excludes halogenated alkanes) is 2. The Morgan fingerprint density at radius 1 is 1.09 bits per heavy atom. The number of methoxy groups -OCH3 is 2. The number of aliphatic hydroxyl groups is 1. The smallest absolute Gasteiger partial charge is 0.392 e. The van der Waals surface area contributed by atoms with Crippen LogP contribution in [-0.4, -0.2) is 32.1 Å². The van der Waals surface area contributed by atoms with Crippen molar-refractivity contribution in [3.05, 3.63) is 34.9 Å². The van der Waals surface area contributed by atoms with Gasteiger partial charge in [0.25, 0.3) is 0 Å². The summed E-state index contributed by atoms with van der Waals surface area (Å²) in [6.45, 7) is 9.81. The van der Waals surface area contributed by atoms with Gasteiger partial charge in [-0.3, -0.25) is 0 Å². The van der Waals surface area contributed by atoms with Gasteiger partial charge in [0.1, 0.15) is 11.5 Å². The summed E-state index contributed by atoms with van der Waals surface area (Å²) in [6, 6.07) is 3.56. The first-order chi connectivity index (χ1) is 15.8. The molecule has 1 aromatic carbocycles. The number of ether oxygens (including phenoxy) is 2. The summed E-state index contributed by atoms with van der Waals surface area (Å²) in [5.41, 5.74) is 1.34. The largest absolute Gasteiger partial charge is 0.496 e. The fourth-order valence-electron chi connectivity index (χ4n) is 6.48. The van der Waals surface area contributed by atoms with E-state index in [0.717, 1.165) is 30.4 Å². The molecule has 0 radical (unpaired) electrons. The molecule has 0 saturated heterocycles. The van der Waals surface area contributed by atoms with E-state index in [-0.39, 0.29) is 24.4 Å². The van der Waals surface area contributed by atoms with E-state index in [1.807, 2.05) is 6.92 Å². The van der Waals surface area contributed by atoms with Gasteiger partial charge >= 0.3 is 6.18 Å². The number of fused-ring (bicyclic) bond motifs is 1. The molecular weight excluding hydrogens is 441 g/mol. The van der Waals surface area contributed by atoms with Crippen molar-refractivity contribution in [1.29, 1.82) is 0 Å². The molecule has 0 spiro atoms. The van der Waals surface area contributed by atoms with Crippen molar-refractivity contribution in [2.75, 3.05) is 20.8 Å². The average molecular weight is 483 g/mol. The van der Waals surface area contributed by atoms with Crippen molar-refractivity contribution >= 4 is 0 Å². The minimum atomic E-state index is -4.30. The summed E-state index contributed by atoms with van der Waals surface area (Å²) in [5, 5.41) is 9.98. The van der Waals surface area contributed by atoms with E-state index in [0.29, 0.717) is 35.3 Å². The Morgan fingerprint density at radius 2 is 1.68 bits per heavy atom. The van der Waals surface area contributed by atoms with Gasteiger partial charge in [-0.2, -0.15) is 13.2 Å². The van der Waals surface area contributed by atoms with Crippen LogP contribution in [0.4, 0.5) is 13.2 Å². The minimum absolute atomic E-state index is 0.0120. The van der Waals surface area contributed by atoms with E-state index in [1.165, 1.54) is 0 Å². The van der Waals surface area contributed by atoms with Crippen molar-refractivity contribution in [2.24, 2.45) is 23.2 Å². The van der Waals surface area contributed by atoms with Crippen LogP contribution in [0.1, 0.15) is 83.8 Å². The lowest BCUT2D eigenvalue weighted by atomic mass is 9.45. The van der Waals surface area contributed by atoms with Crippen LogP contribution in [-0.2, 0) is 5.41 Å². The third-order valence-electron chi connectivity index (χ3n) is 8.78. The first-order valence-electron chi connectivity index (χ1n) is 12.5. The monoisotopic (exact) mass is 482 g/mol. The lowest BCUT2D eigenvalue weighted by Gasteiger charge is -2.59. The fraction of sp³-hybridized carbons (Fsp3) is 0.714. The Kier molecular flexibility index (Phi) is 7.72. The molecule has 1 fully saturated rings. The lowest BCUT2D eigenvalue weighted by molar-refractivity contribution is -0.193. The molecule has 1 aromatic rings. The van der Waals surface area contributed by atoms with Crippen molar-refractivity contribution in [3.8, 4) is 11.5 Å². The summed E-state index contributed by atoms with van der Waals surface area (Å²) >= 11 is 0. The van der Waals surface area contributed by atoms with E-state index in [9.17, 15) is 18.3 Å². The molecule has 0 amide bonds. The number of aliphatic hydroxyl groups excluding tert-OH is 1. The zero-order valence-corrected chi connectivity index (χ0v) is 21.7. The highest BCUT2D eigenvalue weighted by Crippen LogP contribution is 2.65. The van der Waals surface area contributed by atoms with Gasteiger partial charge in [0.15, 0.2) is 0 Å². The zero-order valence-electron chi connectivity index (χ0n) is 21.7. The minimum Gasteiger partial charge on any atom is -0.496 e. The van der Waals surface area contributed by atoms with E-state index in [1.54, 1.807) is 40.2 Å². The molecule has 192 valence electrons. The third-order valence-corrected chi connectivity index (χ3v) is 8.78. The molecule has 6 heteroatoms. The molecule has 3 unspecified atom stereocenters. The Labute approximate surface area is 202 Å². The van der Waals surface area contributed by atoms with Gasteiger partial charge in [-0.15, -0.1) is 0 Å². The molecule has 1 saturated carbocycles. The van der Waals surface area contributed by atoms with E-state index in [2.05, 4.69) is 19.9 Å². The number of hydrogen-bond donors (Lipinski definition) is 1. The standard InChI is InChI=1S/C28H41F3O3/c1-8-9-10-11-24(28(29,30)31)26(2,3)18-13-22(33-6)25(23(14-18)34-7)19-12-17(16-32)20-15-21(19)27(20,4)5/h12-14,19-21,24,32H,8-11,15-16H2,1-7H3/t19?,20?,21-,24?/m0/s1. The predicted molar refractivity (Wildman–Crippen MR) is 130 cm³/mol. The Bertz CT molecular complexity index is 876. The number of allylic oxidation sites excluding steroid dienone is 1. The van der Waals surface area contributed by atoms with Gasteiger partial charge < -0.3 is 14.6 Å². The number of hydrogen-bond acceptors (Lipinski definition) is 3. The predicted octanol–water partition coefficient (Wildman–Crippen LogP) is 7.42. The molecule has 3 nitrogen and oxygen atoms in total. The maximum Gasteiger partial charge on any atom is 0.392 e. The second-order valence-corrected chi connectivity index (χ2v) is 11.2. The highest BCUT2D eigenvalue weighted by Gasteiger charge is 2.56. The normalized spacial score (nSPS) is 24.8. The van der Waals surface area contributed by atoms with Gasteiger partial charge in [0.05, 0.1) is 26.7 Å². The van der Waals surface area contributed by atoms with Crippen LogP contribution in [0, 0.1) is 23.2 Å². The van der Waals surface area contributed by atoms with E-state index < -0.39 is 17.5 Å². The zero-order chi connectivity index (χ0) is 25.5. The summed E-state index contributed by atoms with van der Waals surface area (Å²) in [7, 11) is 3.12. The second-order valence-electron chi connectivity index (χ2n) is 11.2. The first-order valence-corrected chi connectivity index (χ1v) is 12.5. The van der Waals surface area contributed by atoms with E-state index >= 15 is 0 Å². The van der Waals surface area contributed by atoms with Crippen molar-refractivity contribution in [1.82, 2.24) is 0 Å². The Balaban J connectivity index is 2.09. The van der Waals surface area contributed by atoms with Gasteiger partial charge in [0, 0.05) is 16.9 Å². The first kappa shape index (κ1) is 26.9. The van der Waals surface area contributed by atoms with Crippen LogP contribution >= 0.6 is 0 Å². The fourth-order valence-corrected chi connectivity index (χ4v) is 6.48. The maximum absolute atomic E-state index is 14.2. The lowest BCUT2D eigenvalue weighted by Crippen LogP contribution is -2.51. The number of rotatable bonds is 10. The molecule has 0 heterocycles. The summed E-state index contributed by atoms with van der Waals surface area (Å²) in [5.74, 6) is 0.338. The summed E-state index contributed by atoms with van der Waals surface area (Å²) in [6.07, 6.45) is 1.11. The molecule has 3 aliphatic carbocycles. The third kappa shape index (κ3) is 4.59. The molecule has 3 aliphatic rings. The van der Waals surface area contributed by atoms with Gasteiger partial charge in [-0.25, -0.2) is 0 Å². The van der Waals surface area contributed by atoms with Gasteiger partial charge in [-0.1, -0.05) is 60.0 Å². The molecule has 4 atom stereocenters. The topological polar surface area (TPSA) is 38.7 Å². The molecule has 4 rings (SSSR count). The summed E-state index contributed by atoms with van der Waals surface area (Å²) in [4.78, 5) is 0. The van der Waals surface area contributed by atoms with Crippen LogP contribution in [0.25, 0.3) is 0 Å². The van der Waals surface area contributed by atoms with Crippen LogP contribution < -0.4 is 9.47 Å². The number of halogens is 3. The highest BCUT2D eigenvalue weighted by atomic mass is 19.4. The van der Waals surface area contributed by atoms with Crippen LogP contribution in [0.3, 0.4) is 0 Å².